The van der Waals surface area contributed by atoms with Crippen molar-refractivity contribution >= 4 is 6.03 Å². The van der Waals surface area contributed by atoms with Gasteiger partial charge in [0.15, 0.2) is 11.5 Å². The molecule has 0 aromatic heterocycles. The number of carbonyl (C=O) groups is 1. The van der Waals surface area contributed by atoms with Gasteiger partial charge in [-0.3, -0.25) is 0 Å². The number of hydrogen-bond donors (Lipinski definition) is 2. The Hall–Kier alpha value is -2.89. The molecule has 6 heteroatoms. The third kappa shape index (κ3) is 4.84. The zero-order valence-electron chi connectivity index (χ0n) is 16.0. The number of benzene rings is 2. The minimum atomic E-state index is -0.209. The number of carbonyl (C=O) groups excluding carboxylic acids is 1. The molecule has 2 aromatic rings. The molecular weight excluding hydrogens is 344 g/mol. The van der Waals surface area contributed by atoms with Crippen LogP contribution in [0.5, 0.6) is 17.2 Å². The molecule has 1 aliphatic rings. The van der Waals surface area contributed by atoms with Crippen LogP contribution >= 0.6 is 0 Å². The Morgan fingerprint density at radius 2 is 1.78 bits per heavy atom. The lowest BCUT2D eigenvalue weighted by molar-refractivity contribution is 0.171. The molecule has 0 fully saturated rings. The number of urea groups is 1. The van der Waals surface area contributed by atoms with E-state index in [2.05, 4.69) is 24.5 Å². The first kappa shape index (κ1) is 18.9. The molecule has 0 radical (unpaired) electrons. The number of ether oxygens (including phenoxy) is 3. The SMILES string of the molecule is COc1ccc([C@H](NC(=O)NCc2ccc3c(c2)OCCO3)C(C)C)cc1. The van der Waals surface area contributed by atoms with E-state index in [0.717, 1.165) is 28.4 Å². The van der Waals surface area contributed by atoms with E-state index in [0.29, 0.717) is 19.8 Å². The van der Waals surface area contributed by atoms with Gasteiger partial charge in [-0.25, -0.2) is 4.79 Å². The number of amides is 2. The Balaban J connectivity index is 1.59. The molecule has 27 heavy (non-hydrogen) atoms. The van der Waals surface area contributed by atoms with Crippen molar-refractivity contribution in [2.75, 3.05) is 20.3 Å². The van der Waals surface area contributed by atoms with Gasteiger partial charge in [0.05, 0.1) is 13.2 Å². The van der Waals surface area contributed by atoms with Gasteiger partial charge in [0.2, 0.25) is 0 Å². The van der Waals surface area contributed by atoms with Gasteiger partial charge in [-0.15, -0.1) is 0 Å². The predicted octanol–water partition coefficient (Wildman–Crippen LogP) is 3.66. The van der Waals surface area contributed by atoms with Crippen molar-refractivity contribution in [3.63, 3.8) is 0 Å². The zero-order chi connectivity index (χ0) is 19.2. The molecule has 0 unspecified atom stereocenters. The van der Waals surface area contributed by atoms with Crippen LogP contribution in [0.4, 0.5) is 4.79 Å². The van der Waals surface area contributed by atoms with Crippen LogP contribution < -0.4 is 24.8 Å². The van der Waals surface area contributed by atoms with Gasteiger partial charge >= 0.3 is 6.03 Å². The molecule has 1 heterocycles. The van der Waals surface area contributed by atoms with Gasteiger partial charge in [0.1, 0.15) is 19.0 Å². The van der Waals surface area contributed by atoms with E-state index in [9.17, 15) is 4.79 Å². The van der Waals surface area contributed by atoms with Gasteiger partial charge in [0.25, 0.3) is 0 Å². The molecule has 0 aliphatic carbocycles. The molecule has 2 amide bonds. The lowest BCUT2D eigenvalue weighted by atomic mass is 9.96. The summed E-state index contributed by atoms with van der Waals surface area (Å²) in [5, 5.41) is 5.97. The summed E-state index contributed by atoms with van der Waals surface area (Å²) in [6.45, 7) is 5.68. The Morgan fingerprint density at radius 3 is 2.44 bits per heavy atom. The third-order valence-corrected chi connectivity index (χ3v) is 4.49. The summed E-state index contributed by atoms with van der Waals surface area (Å²) in [6.07, 6.45) is 0. The van der Waals surface area contributed by atoms with Crippen molar-refractivity contribution in [1.29, 1.82) is 0 Å². The smallest absolute Gasteiger partial charge is 0.315 e. The minimum absolute atomic E-state index is 0.0869. The molecule has 144 valence electrons. The van der Waals surface area contributed by atoms with Crippen molar-refractivity contribution in [1.82, 2.24) is 10.6 Å². The fraction of sp³-hybridized carbons (Fsp3) is 0.381. The molecule has 2 N–H and O–H groups in total. The van der Waals surface area contributed by atoms with Crippen molar-refractivity contribution in [3.8, 4) is 17.2 Å². The monoisotopic (exact) mass is 370 g/mol. The highest BCUT2D eigenvalue weighted by molar-refractivity contribution is 5.74. The summed E-state index contributed by atoms with van der Waals surface area (Å²) < 4.78 is 16.3. The maximum absolute atomic E-state index is 12.4. The van der Waals surface area contributed by atoms with Gasteiger partial charge in [-0.2, -0.15) is 0 Å². The van der Waals surface area contributed by atoms with E-state index in [-0.39, 0.29) is 18.0 Å². The zero-order valence-corrected chi connectivity index (χ0v) is 16.0. The van der Waals surface area contributed by atoms with Crippen LogP contribution in [-0.4, -0.2) is 26.4 Å². The minimum Gasteiger partial charge on any atom is -0.497 e. The molecular formula is C21H26N2O4. The van der Waals surface area contributed by atoms with Crippen LogP contribution in [-0.2, 0) is 6.54 Å². The van der Waals surface area contributed by atoms with Gasteiger partial charge in [-0.05, 0) is 41.3 Å². The molecule has 1 atom stereocenters. The van der Waals surface area contributed by atoms with Crippen LogP contribution in [0, 0.1) is 5.92 Å². The van der Waals surface area contributed by atoms with E-state index in [1.807, 2.05) is 42.5 Å². The number of nitrogens with one attached hydrogen (secondary N) is 2. The molecule has 0 spiro atoms. The van der Waals surface area contributed by atoms with Crippen molar-refractivity contribution < 1.29 is 19.0 Å². The second-order valence-electron chi connectivity index (χ2n) is 6.80. The molecule has 0 saturated heterocycles. The van der Waals surface area contributed by atoms with Crippen LogP contribution in [0.3, 0.4) is 0 Å². The number of hydrogen-bond acceptors (Lipinski definition) is 4. The van der Waals surface area contributed by atoms with Crippen LogP contribution in [0.2, 0.25) is 0 Å². The number of rotatable bonds is 6. The van der Waals surface area contributed by atoms with Crippen LogP contribution in [0.25, 0.3) is 0 Å². The highest BCUT2D eigenvalue weighted by Gasteiger charge is 2.18. The summed E-state index contributed by atoms with van der Waals surface area (Å²) >= 11 is 0. The molecule has 0 bridgehead atoms. The Morgan fingerprint density at radius 1 is 1.07 bits per heavy atom. The molecule has 0 saturated carbocycles. The highest BCUT2D eigenvalue weighted by Crippen LogP contribution is 2.30. The summed E-state index contributed by atoms with van der Waals surface area (Å²) in [5.41, 5.74) is 2.00. The number of fused-ring (bicyclic) bond motifs is 1. The van der Waals surface area contributed by atoms with Crippen molar-refractivity contribution in [2.45, 2.75) is 26.4 Å². The topological polar surface area (TPSA) is 68.8 Å². The fourth-order valence-corrected chi connectivity index (χ4v) is 3.02. The summed E-state index contributed by atoms with van der Waals surface area (Å²) in [4.78, 5) is 12.4. The van der Waals surface area contributed by atoms with Gasteiger partial charge < -0.3 is 24.8 Å². The van der Waals surface area contributed by atoms with Crippen molar-refractivity contribution in [2.24, 2.45) is 5.92 Å². The van der Waals surface area contributed by atoms with E-state index >= 15 is 0 Å². The van der Waals surface area contributed by atoms with E-state index < -0.39 is 0 Å². The van der Waals surface area contributed by atoms with E-state index in [1.165, 1.54) is 0 Å². The van der Waals surface area contributed by atoms with Gasteiger partial charge in [-0.1, -0.05) is 32.0 Å². The maximum Gasteiger partial charge on any atom is 0.315 e. The van der Waals surface area contributed by atoms with E-state index in [1.54, 1.807) is 7.11 Å². The lowest BCUT2D eigenvalue weighted by Crippen LogP contribution is -2.39. The Kier molecular flexibility index (Phi) is 6.06. The maximum atomic E-state index is 12.4. The first-order chi connectivity index (χ1) is 13.1. The molecule has 3 rings (SSSR count). The molecule has 1 aliphatic heterocycles. The third-order valence-electron chi connectivity index (χ3n) is 4.49. The average Bonchev–Trinajstić information content (AvgIpc) is 2.70. The first-order valence-corrected chi connectivity index (χ1v) is 9.13. The largest absolute Gasteiger partial charge is 0.497 e. The van der Waals surface area contributed by atoms with E-state index in [4.69, 9.17) is 14.2 Å². The van der Waals surface area contributed by atoms with Crippen molar-refractivity contribution in [3.05, 3.63) is 53.6 Å². The normalized spacial score (nSPS) is 13.8. The standard InChI is InChI=1S/C21H26N2O4/c1-14(2)20(16-5-7-17(25-3)8-6-16)23-21(24)22-13-15-4-9-18-19(12-15)27-11-10-26-18/h4-9,12,14,20H,10-11,13H2,1-3H3,(H2,22,23,24)/t20-/m1/s1. The fourth-order valence-electron chi connectivity index (χ4n) is 3.02. The lowest BCUT2D eigenvalue weighted by Gasteiger charge is -2.23. The summed E-state index contributed by atoms with van der Waals surface area (Å²) in [6, 6.07) is 13.2. The summed E-state index contributed by atoms with van der Waals surface area (Å²) in [7, 11) is 1.64. The quantitative estimate of drug-likeness (QED) is 0.814. The second-order valence-corrected chi connectivity index (χ2v) is 6.80. The van der Waals surface area contributed by atoms with Crippen LogP contribution in [0.15, 0.2) is 42.5 Å². The Labute approximate surface area is 159 Å². The predicted molar refractivity (Wildman–Crippen MR) is 103 cm³/mol. The highest BCUT2D eigenvalue weighted by atomic mass is 16.6. The number of methoxy groups -OCH3 is 1. The second kappa shape index (κ2) is 8.66. The molecule has 2 aromatic carbocycles. The van der Waals surface area contributed by atoms with Crippen LogP contribution in [0.1, 0.15) is 31.0 Å². The Bertz CT molecular complexity index is 774. The van der Waals surface area contributed by atoms with Gasteiger partial charge in [0, 0.05) is 6.54 Å². The summed E-state index contributed by atoms with van der Waals surface area (Å²) in [5.74, 6) is 2.51. The molecule has 6 nitrogen and oxygen atoms in total. The average molecular weight is 370 g/mol. The first-order valence-electron chi connectivity index (χ1n) is 9.13.